The minimum Gasteiger partial charge on any atom is -0.367 e. The molecule has 1 aliphatic heterocycles. The molecule has 0 atom stereocenters. The van der Waals surface area contributed by atoms with Crippen molar-refractivity contribution in [1.29, 1.82) is 0 Å². The van der Waals surface area contributed by atoms with Crippen molar-refractivity contribution in [3.63, 3.8) is 0 Å². The molecule has 29 heavy (non-hydrogen) atoms. The zero-order valence-electron chi connectivity index (χ0n) is 18.1. The molecule has 1 saturated heterocycles. The fourth-order valence-electron chi connectivity index (χ4n) is 3.40. The average molecular weight is 396 g/mol. The summed E-state index contributed by atoms with van der Waals surface area (Å²) in [6, 6.07) is 15.1. The van der Waals surface area contributed by atoms with Gasteiger partial charge in [0.15, 0.2) is 0 Å². The van der Waals surface area contributed by atoms with Crippen molar-refractivity contribution in [2.75, 3.05) is 26.2 Å². The van der Waals surface area contributed by atoms with Gasteiger partial charge in [-0.15, -0.1) is 5.06 Å². The third-order valence-corrected chi connectivity index (χ3v) is 5.39. The maximum atomic E-state index is 12.1. The first kappa shape index (κ1) is 21.5. The molecular formula is C24H33N3O2. The second-order valence-corrected chi connectivity index (χ2v) is 8.88. The molecule has 156 valence electrons. The summed E-state index contributed by atoms with van der Waals surface area (Å²) in [6.45, 7) is 12.5. The lowest BCUT2D eigenvalue weighted by Gasteiger charge is -2.34. The molecule has 0 radical (unpaired) electrons. The van der Waals surface area contributed by atoms with E-state index in [1.807, 2.05) is 20.8 Å². The molecule has 2 N–H and O–H groups in total. The standard InChI is InChI=1S/C24H33N3O2/c1-18-14-21(20-7-5-6-19(15-20)16-25)8-9-22(18)17-26-10-12-27(13-11-26)29-23(28)24(2,3)4/h5-9,14-15H,10-13,16-17,25H2,1-4H3. The fourth-order valence-corrected chi connectivity index (χ4v) is 3.40. The van der Waals surface area contributed by atoms with E-state index in [-0.39, 0.29) is 5.97 Å². The Hall–Kier alpha value is -2.21. The number of piperazine rings is 1. The van der Waals surface area contributed by atoms with Crippen LogP contribution in [0.3, 0.4) is 0 Å². The lowest BCUT2D eigenvalue weighted by atomic mass is 9.98. The number of nitrogens with zero attached hydrogens (tertiary/aromatic N) is 2. The minimum absolute atomic E-state index is 0.170. The highest BCUT2D eigenvalue weighted by molar-refractivity contribution is 5.75. The lowest BCUT2D eigenvalue weighted by Crippen LogP contribution is -2.47. The summed E-state index contributed by atoms with van der Waals surface area (Å²) >= 11 is 0. The number of rotatable bonds is 5. The summed E-state index contributed by atoms with van der Waals surface area (Å²) in [4.78, 5) is 20.0. The van der Waals surface area contributed by atoms with E-state index in [1.165, 1.54) is 22.3 Å². The molecule has 0 spiro atoms. The Morgan fingerprint density at radius 1 is 1.03 bits per heavy atom. The van der Waals surface area contributed by atoms with Crippen LogP contribution in [0.25, 0.3) is 11.1 Å². The van der Waals surface area contributed by atoms with Crippen LogP contribution in [-0.2, 0) is 22.7 Å². The SMILES string of the molecule is Cc1cc(-c2cccc(CN)c2)ccc1CN1CCN(OC(=O)C(C)(C)C)CC1. The van der Waals surface area contributed by atoms with Gasteiger partial charge in [0, 0.05) is 39.3 Å². The number of benzene rings is 2. The van der Waals surface area contributed by atoms with Gasteiger partial charge < -0.3 is 10.6 Å². The van der Waals surface area contributed by atoms with E-state index in [9.17, 15) is 4.79 Å². The molecule has 2 aromatic rings. The van der Waals surface area contributed by atoms with Gasteiger partial charge in [0.2, 0.25) is 0 Å². The maximum absolute atomic E-state index is 12.1. The summed E-state index contributed by atoms with van der Waals surface area (Å²) in [5.74, 6) is -0.170. The number of hydrogen-bond donors (Lipinski definition) is 1. The van der Waals surface area contributed by atoms with Gasteiger partial charge in [-0.2, -0.15) is 0 Å². The smallest absolute Gasteiger partial charge is 0.330 e. The molecule has 0 aromatic heterocycles. The van der Waals surface area contributed by atoms with Crippen molar-refractivity contribution in [3.05, 3.63) is 59.2 Å². The Balaban J connectivity index is 1.58. The van der Waals surface area contributed by atoms with Crippen molar-refractivity contribution in [2.24, 2.45) is 11.1 Å². The Morgan fingerprint density at radius 2 is 1.72 bits per heavy atom. The predicted molar refractivity (Wildman–Crippen MR) is 117 cm³/mol. The number of carbonyl (C=O) groups excluding carboxylic acids is 1. The van der Waals surface area contributed by atoms with Crippen LogP contribution in [0.1, 0.15) is 37.5 Å². The first-order chi connectivity index (χ1) is 13.8. The molecule has 5 nitrogen and oxygen atoms in total. The van der Waals surface area contributed by atoms with E-state index in [2.05, 4.69) is 54.3 Å². The van der Waals surface area contributed by atoms with Gasteiger partial charge in [-0.05, 0) is 61.6 Å². The number of hydroxylamine groups is 2. The number of nitrogens with two attached hydrogens (primary N) is 1. The molecule has 1 heterocycles. The first-order valence-corrected chi connectivity index (χ1v) is 10.3. The quantitative estimate of drug-likeness (QED) is 0.836. The molecule has 0 unspecified atom stereocenters. The molecule has 0 saturated carbocycles. The van der Waals surface area contributed by atoms with E-state index in [4.69, 9.17) is 10.6 Å². The maximum Gasteiger partial charge on any atom is 0.330 e. The lowest BCUT2D eigenvalue weighted by molar-refractivity contribution is -0.207. The van der Waals surface area contributed by atoms with Crippen molar-refractivity contribution >= 4 is 5.97 Å². The second kappa shape index (κ2) is 9.08. The summed E-state index contributed by atoms with van der Waals surface area (Å²) < 4.78 is 0. The summed E-state index contributed by atoms with van der Waals surface area (Å²) in [7, 11) is 0. The highest BCUT2D eigenvalue weighted by Crippen LogP contribution is 2.24. The van der Waals surface area contributed by atoms with E-state index in [0.29, 0.717) is 6.54 Å². The Labute approximate surface area is 174 Å². The first-order valence-electron chi connectivity index (χ1n) is 10.3. The number of carbonyl (C=O) groups is 1. The van der Waals surface area contributed by atoms with Crippen molar-refractivity contribution in [3.8, 4) is 11.1 Å². The van der Waals surface area contributed by atoms with E-state index in [0.717, 1.165) is 38.3 Å². The van der Waals surface area contributed by atoms with Gasteiger partial charge >= 0.3 is 5.97 Å². The zero-order chi connectivity index (χ0) is 21.0. The highest BCUT2D eigenvalue weighted by Gasteiger charge is 2.27. The molecule has 0 amide bonds. The van der Waals surface area contributed by atoms with Crippen LogP contribution in [0, 0.1) is 12.3 Å². The Morgan fingerprint density at radius 3 is 2.34 bits per heavy atom. The van der Waals surface area contributed by atoms with Crippen LogP contribution < -0.4 is 5.73 Å². The van der Waals surface area contributed by atoms with Gasteiger partial charge in [-0.3, -0.25) is 4.90 Å². The van der Waals surface area contributed by atoms with E-state index < -0.39 is 5.41 Å². The summed E-state index contributed by atoms with van der Waals surface area (Å²) in [5, 5.41) is 1.80. The summed E-state index contributed by atoms with van der Waals surface area (Å²) in [6.07, 6.45) is 0. The molecule has 2 aromatic carbocycles. The van der Waals surface area contributed by atoms with Gasteiger partial charge in [-0.25, -0.2) is 4.79 Å². The molecule has 1 fully saturated rings. The molecule has 0 aliphatic carbocycles. The molecule has 1 aliphatic rings. The molecule has 0 bridgehead atoms. The third-order valence-electron chi connectivity index (χ3n) is 5.39. The molecule has 3 rings (SSSR count). The van der Waals surface area contributed by atoms with Crippen LogP contribution in [-0.4, -0.2) is 42.1 Å². The van der Waals surface area contributed by atoms with Crippen LogP contribution in [0.15, 0.2) is 42.5 Å². The van der Waals surface area contributed by atoms with E-state index in [1.54, 1.807) is 5.06 Å². The molecule has 5 heteroatoms. The van der Waals surface area contributed by atoms with Crippen molar-refractivity contribution in [1.82, 2.24) is 9.96 Å². The van der Waals surface area contributed by atoms with Crippen LogP contribution >= 0.6 is 0 Å². The van der Waals surface area contributed by atoms with Gasteiger partial charge in [0.25, 0.3) is 0 Å². The average Bonchev–Trinajstić information content (AvgIpc) is 2.70. The topological polar surface area (TPSA) is 58.8 Å². The highest BCUT2D eigenvalue weighted by atomic mass is 16.7. The monoisotopic (exact) mass is 395 g/mol. The minimum atomic E-state index is -0.473. The number of hydrogen-bond acceptors (Lipinski definition) is 5. The summed E-state index contributed by atoms with van der Waals surface area (Å²) in [5.41, 5.74) is 11.5. The third kappa shape index (κ3) is 5.66. The van der Waals surface area contributed by atoms with Crippen LogP contribution in [0.2, 0.25) is 0 Å². The van der Waals surface area contributed by atoms with Crippen molar-refractivity contribution in [2.45, 2.75) is 40.8 Å². The fraction of sp³-hybridized carbons (Fsp3) is 0.458. The van der Waals surface area contributed by atoms with Crippen molar-refractivity contribution < 1.29 is 9.63 Å². The van der Waals surface area contributed by atoms with Gasteiger partial charge in [-0.1, -0.05) is 36.4 Å². The Kier molecular flexibility index (Phi) is 6.73. The normalized spacial score (nSPS) is 16.0. The Bertz CT molecular complexity index is 849. The van der Waals surface area contributed by atoms with E-state index >= 15 is 0 Å². The predicted octanol–water partition coefficient (Wildman–Crippen LogP) is 3.74. The van der Waals surface area contributed by atoms with Crippen LogP contribution in [0.4, 0.5) is 0 Å². The largest absolute Gasteiger partial charge is 0.367 e. The van der Waals surface area contributed by atoms with Gasteiger partial charge in [0.05, 0.1) is 5.41 Å². The second-order valence-electron chi connectivity index (χ2n) is 8.88. The van der Waals surface area contributed by atoms with Gasteiger partial charge in [0.1, 0.15) is 0 Å². The number of aryl methyl sites for hydroxylation is 1. The van der Waals surface area contributed by atoms with Crippen LogP contribution in [0.5, 0.6) is 0 Å². The molecular weight excluding hydrogens is 362 g/mol. The zero-order valence-corrected chi connectivity index (χ0v) is 18.1.